The molecule has 0 fully saturated rings. The van der Waals surface area contributed by atoms with Crippen molar-refractivity contribution in [3.63, 3.8) is 0 Å². The van der Waals surface area contributed by atoms with Crippen molar-refractivity contribution in [1.29, 1.82) is 0 Å². The highest BCUT2D eigenvalue weighted by Gasteiger charge is 2.20. The molecule has 0 aliphatic carbocycles. The summed E-state index contributed by atoms with van der Waals surface area (Å²) in [7, 11) is -3.90. The van der Waals surface area contributed by atoms with Crippen LogP contribution in [-0.2, 0) is 10.0 Å². The maximum Gasteiger partial charge on any atom is 0.273 e. The van der Waals surface area contributed by atoms with Crippen molar-refractivity contribution >= 4 is 44.6 Å². The molecule has 0 aromatic carbocycles. The SMILES string of the molecule is O=S(=O)(NO)c1scc(Cl)c1Cl. The molecular formula is C4H3Cl2NO3S2. The van der Waals surface area contributed by atoms with E-state index in [1.165, 1.54) is 5.38 Å². The van der Waals surface area contributed by atoms with Crippen LogP contribution in [0.15, 0.2) is 9.59 Å². The number of hydrogen-bond donors (Lipinski definition) is 2. The van der Waals surface area contributed by atoms with E-state index in [2.05, 4.69) is 0 Å². The van der Waals surface area contributed by atoms with Gasteiger partial charge in [-0.25, -0.2) is 8.42 Å². The first-order valence-electron chi connectivity index (χ1n) is 2.57. The Morgan fingerprint density at radius 3 is 2.42 bits per heavy atom. The lowest BCUT2D eigenvalue weighted by atomic mass is 10.7. The summed E-state index contributed by atoms with van der Waals surface area (Å²) in [5, 5.41) is 9.69. The molecule has 8 heteroatoms. The standard InChI is InChI=1S/C4H3Cl2NO3S2/c5-2-1-11-4(3(2)6)12(9,10)7-8/h1,7-8H. The van der Waals surface area contributed by atoms with Crippen LogP contribution in [0.25, 0.3) is 0 Å². The quantitative estimate of drug-likeness (QED) is 0.783. The zero-order chi connectivity index (χ0) is 9.35. The van der Waals surface area contributed by atoms with Crippen molar-refractivity contribution in [3.05, 3.63) is 15.4 Å². The largest absolute Gasteiger partial charge is 0.302 e. The van der Waals surface area contributed by atoms with Crippen molar-refractivity contribution in [2.75, 3.05) is 0 Å². The number of rotatable bonds is 2. The third kappa shape index (κ3) is 1.73. The van der Waals surface area contributed by atoms with Crippen LogP contribution in [0.3, 0.4) is 0 Å². The van der Waals surface area contributed by atoms with E-state index >= 15 is 0 Å². The zero-order valence-corrected chi connectivity index (χ0v) is 8.56. The highest BCUT2D eigenvalue weighted by molar-refractivity contribution is 7.91. The second-order valence-electron chi connectivity index (χ2n) is 1.78. The van der Waals surface area contributed by atoms with E-state index in [0.29, 0.717) is 0 Å². The molecule has 12 heavy (non-hydrogen) atoms. The van der Waals surface area contributed by atoms with Gasteiger partial charge in [-0.1, -0.05) is 28.1 Å². The van der Waals surface area contributed by atoms with Crippen LogP contribution < -0.4 is 4.89 Å². The summed E-state index contributed by atoms with van der Waals surface area (Å²) in [5.74, 6) is 0. The molecule has 0 bridgehead atoms. The van der Waals surface area contributed by atoms with E-state index in [1.807, 2.05) is 0 Å². The molecule has 0 amide bonds. The second kappa shape index (κ2) is 3.49. The van der Waals surface area contributed by atoms with Gasteiger partial charge in [-0.15, -0.1) is 11.3 Å². The third-order valence-electron chi connectivity index (χ3n) is 1.02. The first kappa shape index (κ1) is 10.2. The Morgan fingerprint density at radius 1 is 1.50 bits per heavy atom. The van der Waals surface area contributed by atoms with Gasteiger partial charge in [-0.3, -0.25) is 0 Å². The van der Waals surface area contributed by atoms with E-state index in [4.69, 9.17) is 28.4 Å². The molecule has 0 radical (unpaired) electrons. The fourth-order valence-electron chi connectivity index (χ4n) is 0.529. The van der Waals surface area contributed by atoms with Gasteiger partial charge in [0.05, 0.1) is 10.0 Å². The molecule has 0 aliphatic heterocycles. The molecule has 2 N–H and O–H groups in total. The fourth-order valence-corrected chi connectivity index (χ4v) is 3.16. The average Bonchev–Trinajstić information content (AvgIpc) is 2.33. The van der Waals surface area contributed by atoms with Crippen molar-refractivity contribution in [2.24, 2.45) is 0 Å². The Balaban J connectivity index is 3.30. The van der Waals surface area contributed by atoms with Gasteiger partial charge in [0.15, 0.2) is 4.21 Å². The lowest BCUT2D eigenvalue weighted by Gasteiger charge is -1.96. The van der Waals surface area contributed by atoms with Crippen LogP contribution in [0.1, 0.15) is 0 Å². The van der Waals surface area contributed by atoms with Gasteiger partial charge < -0.3 is 5.21 Å². The minimum absolute atomic E-state index is 0.0804. The van der Waals surface area contributed by atoms with Crippen molar-refractivity contribution in [1.82, 2.24) is 4.89 Å². The van der Waals surface area contributed by atoms with Crippen LogP contribution in [0.2, 0.25) is 10.0 Å². The van der Waals surface area contributed by atoms with Crippen LogP contribution in [0.4, 0.5) is 0 Å². The minimum Gasteiger partial charge on any atom is -0.302 e. The van der Waals surface area contributed by atoms with Gasteiger partial charge in [0.1, 0.15) is 0 Å². The highest BCUT2D eigenvalue weighted by atomic mass is 35.5. The first-order chi connectivity index (χ1) is 5.49. The maximum absolute atomic E-state index is 10.9. The molecule has 4 nitrogen and oxygen atoms in total. The summed E-state index contributed by atoms with van der Waals surface area (Å²) in [6.45, 7) is 0. The van der Waals surface area contributed by atoms with E-state index < -0.39 is 10.0 Å². The summed E-state index contributed by atoms with van der Waals surface area (Å²) in [6.07, 6.45) is 0. The van der Waals surface area contributed by atoms with E-state index in [1.54, 1.807) is 0 Å². The summed E-state index contributed by atoms with van der Waals surface area (Å²) in [5.41, 5.74) is 0. The molecule has 0 unspecified atom stereocenters. The van der Waals surface area contributed by atoms with Crippen molar-refractivity contribution in [2.45, 2.75) is 4.21 Å². The lowest BCUT2D eigenvalue weighted by Crippen LogP contribution is -2.18. The molecule has 1 rings (SSSR count). The third-order valence-corrected chi connectivity index (χ3v) is 4.81. The second-order valence-corrected chi connectivity index (χ2v) is 5.30. The van der Waals surface area contributed by atoms with Gasteiger partial charge in [0.25, 0.3) is 10.0 Å². The number of halogens is 2. The minimum atomic E-state index is -3.90. The summed E-state index contributed by atoms with van der Waals surface area (Å²) in [4.78, 5) is 1.15. The van der Waals surface area contributed by atoms with Gasteiger partial charge in [-0.2, -0.15) is 0 Å². The van der Waals surface area contributed by atoms with Gasteiger partial charge in [-0.05, 0) is 0 Å². The van der Waals surface area contributed by atoms with Crippen LogP contribution in [-0.4, -0.2) is 13.6 Å². The van der Waals surface area contributed by atoms with Gasteiger partial charge in [0, 0.05) is 5.38 Å². The predicted octanol–water partition coefficient (Wildman–Crippen LogP) is 1.72. The topological polar surface area (TPSA) is 66.4 Å². The molecule has 0 saturated carbocycles. The molecule has 0 saturated heterocycles. The van der Waals surface area contributed by atoms with E-state index in [9.17, 15) is 8.42 Å². The Hall–Kier alpha value is 0.150. The fraction of sp³-hybridized carbons (Fsp3) is 0. The number of nitrogens with one attached hydrogen (secondary N) is 1. The molecule has 1 heterocycles. The van der Waals surface area contributed by atoms with Crippen LogP contribution in [0, 0.1) is 0 Å². The van der Waals surface area contributed by atoms with Crippen molar-refractivity contribution in [3.8, 4) is 0 Å². The summed E-state index contributed by atoms with van der Waals surface area (Å²) in [6, 6.07) is 0. The Morgan fingerprint density at radius 2 is 2.08 bits per heavy atom. The Bertz CT molecular complexity index is 385. The normalized spacial score (nSPS) is 11.9. The molecule has 0 aliphatic rings. The molecule has 1 aromatic rings. The molecular weight excluding hydrogens is 245 g/mol. The van der Waals surface area contributed by atoms with Crippen LogP contribution >= 0.6 is 34.5 Å². The molecule has 0 spiro atoms. The molecule has 0 atom stereocenters. The smallest absolute Gasteiger partial charge is 0.273 e. The van der Waals surface area contributed by atoms with E-state index in [-0.39, 0.29) is 14.3 Å². The number of thiophene rings is 1. The number of sulfonamides is 1. The molecule has 1 aromatic heterocycles. The molecule has 68 valence electrons. The summed E-state index contributed by atoms with van der Waals surface area (Å²) < 4.78 is 21.7. The van der Waals surface area contributed by atoms with Gasteiger partial charge >= 0.3 is 0 Å². The highest BCUT2D eigenvalue weighted by Crippen LogP contribution is 2.34. The van der Waals surface area contributed by atoms with E-state index in [0.717, 1.165) is 16.2 Å². The average molecular weight is 248 g/mol. The predicted molar refractivity (Wildman–Crippen MR) is 46.4 cm³/mol. The Labute approximate surface area is 82.7 Å². The number of hydrogen-bond acceptors (Lipinski definition) is 4. The van der Waals surface area contributed by atoms with Gasteiger partial charge in [0.2, 0.25) is 0 Å². The van der Waals surface area contributed by atoms with Crippen LogP contribution in [0.5, 0.6) is 0 Å². The Kier molecular flexibility index (Phi) is 2.97. The first-order valence-corrected chi connectivity index (χ1v) is 5.69. The monoisotopic (exact) mass is 247 g/mol. The summed E-state index contributed by atoms with van der Waals surface area (Å²) >= 11 is 11.9. The zero-order valence-electron chi connectivity index (χ0n) is 5.41. The maximum atomic E-state index is 10.9. The lowest BCUT2D eigenvalue weighted by molar-refractivity contribution is 0.243. The van der Waals surface area contributed by atoms with Crippen molar-refractivity contribution < 1.29 is 13.6 Å².